The van der Waals surface area contributed by atoms with Gasteiger partial charge in [-0.15, -0.1) is 0 Å². The maximum atomic E-state index is 14.8. The van der Waals surface area contributed by atoms with E-state index in [0.717, 1.165) is 29.6 Å². The van der Waals surface area contributed by atoms with Gasteiger partial charge >= 0.3 is 0 Å². The number of pyridine rings is 2. The van der Waals surface area contributed by atoms with Crippen LogP contribution in [0.1, 0.15) is 46.1 Å². The number of halogens is 2. The molecule has 5 aromatic heterocycles. The zero-order valence-corrected chi connectivity index (χ0v) is 18.2. The number of carbonyl (C=O) groups is 1. The number of rotatable bonds is 6. The highest BCUT2D eigenvalue weighted by molar-refractivity contribution is 6.30. The molecule has 1 fully saturated rings. The van der Waals surface area contributed by atoms with Gasteiger partial charge in [-0.1, -0.05) is 17.7 Å². The van der Waals surface area contributed by atoms with Gasteiger partial charge in [0.05, 0.1) is 48.1 Å². The normalized spacial score (nSPS) is 13.8. The quantitative estimate of drug-likeness (QED) is 0.388. The lowest BCUT2D eigenvalue weighted by Crippen LogP contribution is -2.22. The number of amides is 1. The van der Waals surface area contributed by atoms with Crippen molar-refractivity contribution in [2.75, 3.05) is 0 Å². The zero-order chi connectivity index (χ0) is 22.5. The first-order valence-corrected chi connectivity index (χ1v) is 11.0. The average molecular weight is 464 g/mol. The van der Waals surface area contributed by atoms with Crippen LogP contribution in [-0.2, 0) is 13.1 Å². The van der Waals surface area contributed by atoms with E-state index in [-0.39, 0.29) is 18.4 Å². The van der Waals surface area contributed by atoms with E-state index in [1.807, 2.05) is 22.7 Å². The largest absolute Gasteiger partial charge is 0.346 e. The summed E-state index contributed by atoms with van der Waals surface area (Å²) < 4.78 is 19.7. The fourth-order valence-corrected chi connectivity index (χ4v) is 4.18. The lowest BCUT2D eigenvalue weighted by Gasteiger charge is -2.02. The van der Waals surface area contributed by atoms with Gasteiger partial charge in [-0.2, -0.15) is 9.49 Å². The van der Waals surface area contributed by atoms with E-state index < -0.39 is 0 Å². The topological polar surface area (TPSA) is 81.5 Å². The van der Waals surface area contributed by atoms with Crippen molar-refractivity contribution in [2.24, 2.45) is 0 Å². The molecule has 1 N–H and O–H groups in total. The summed E-state index contributed by atoms with van der Waals surface area (Å²) in [7, 11) is 0. The van der Waals surface area contributed by atoms with E-state index in [1.54, 1.807) is 35.5 Å². The minimum atomic E-state index is -0.264. The third-order valence-corrected chi connectivity index (χ3v) is 6.11. The standard InChI is InChI=1S/C23H19ClFN7O/c24-16-5-6-30-13-27-19(20(30)7-16)9-26-23(33)15-8-28-31(10-15)11-17-12-32-21(29-17)4-3-18(22(32)25)14-1-2-14/h3-8,10,12-14H,1-2,9,11H2,(H,26,33). The summed E-state index contributed by atoms with van der Waals surface area (Å²) in [5.41, 5.74) is 3.94. The van der Waals surface area contributed by atoms with Crippen molar-refractivity contribution in [3.63, 3.8) is 0 Å². The number of hydrogen-bond donors (Lipinski definition) is 1. The maximum Gasteiger partial charge on any atom is 0.254 e. The van der Waals surface area contributed by atoms with Crippen LogP contribution in [0.4, 0.5) is 4.39 Å². The van der Waals surface area contributed by atoms with Crippen LogP contribution < -0.4 is 5.32 Å². The summed E-state index contributed by atoms with van der Waals surface area (Å²) in [6, 6.07) is 7.25. The molecule has 1 saturated carbocycles. The van der Waals surface area contributed by atoms with Crippen LogP contribution in [0.3, 0.4) is 0 Å². The van der Waals surface area contributed by atoms with E-state index in [9.17, 15) is 9.18 Å². The van der Waals surface area contributed by atoms with Crippen LogP contribution >= 0.6 is 11.6 Å². The summed E-state index contributed by atoms with van der Waals surface area (Å²) in [6.07, 6.45) is 10.4. The van der Waals surface area contributed by atoms with E-state index in [1.165, 1.54) is 10.6 Å². The van der Waals surface area contributed by atoms with Crippen LogP contribution in [0.2, 0.25) is 5.02 Å². The summed E-state index contributed by atoms with van der Waals surface area (Å²) >= 11 is 6.07. The minimum Gasteiger partial charge on any atom is -0.346 e. The number of hydrogen-bond acceptors (Lipinski definition) is 4. The molecule has 5 aromatic rings. The summed E-state index contributed by atoms with van der Waals surface area (Å²) in [5.74, 6) is -0.188. The minimum absolute atomic E-state index is 0.248. The zero-order valence-electron chi connectivity index (χ0n) is 17.4. The fourth-order valence-electron chi connectivity index (χ4n) is 4.02. The Balaban J connectivity index is 1.15. The molecule has 0 aromatic carbocycles. The highest BCUT2D eigenvalue weighted by atomic mass is 35.5. The van der Waals surface area contributed by atoms with Crippen molar-refractivity contribution in [2.45, 2.75) is 31.8 Å². The smallest absolute Gasteiger partial charge is 0.254 e. The molecule has 10 heteroatoms. The lowest BCUT2D eigenvalue weighted by atomic mass is 10.2. The molecule has 166 valence electrons. The van der Waals surface area contributed by atoms with Crippen molar-refractivity contribution in [1.29, 1.82) is 0 Å². The van der Waals surface area contributed by atoms with E-state index in [2.05, 4.69) is 20.4 Å². The van der Waals surface area contributed by atoms with E-state index >= 15 is 0 Å². The average Bonchev–Trinajstić information content (AvgIpc) is 3.20. The van der Waals surface area contributed by atoms with Gasteiger partial charge in [0.15, 0.2) is 0 Å². The molecule has 0 atom stereocenters. The van der Waals surface area contributed by atoms with Crippen LogP contribution in [0, 0.1) is 5.95 Å². The second-order valence-corrected chi connectivity index (χ2v) is 8.69. The van der Waals surface area contributed by atoms with Gasteiger partial charge in [0.1, 0.15) is 5.65 Å². The molecule has 0 radical (unpaired) electrons. The monoisotopic (exact) mass is 463 g/mol. The molecule has 33 heavy (non-hydrogen) atoms. The molecule has 0 unspecified atom stereocenters. The van der Waals surface area contributed by atoms with Crippen LogP contribution in [-0.4, -0.2) is 34.5 Å². The van der Waals surface area contributed by atoms with Crippen molar-refractivity contribution in [1.82, 2.24) is 33.9 Å². The molecule has 1 aliphatic rings. The Morgan fingerprint density at radius 2 is 2.12 bits per heavy atom. The van der Waals surface area contributed by atoms with Gasteiger partial charge in [-0.05, 0) is 37.0 Å². The number of nitrogens with one attached hydrogen (secondary N) is 1. The fraction of sp³-hybridized carbons (Fsp3) is 0.217. The van der Waals surface area contributed by atoms with Crippen molar-refractivity contribution in [3.8, 4) is 0 Å². The molecule has 1 aliphatic carbocycles. The van der Waals surface area contributed by atoms with Crippen LogP contribution in [0.5, 0.6) is 0 Å². The maximum absolute atomic E-state index is 14.8. The van der Waals surface area contributed by atoms with Crippen molar-refractivity contribution < 1.29 is 9.18 Å². The Morgan fingerprint density at radius 1 is 1.24 bits per heavy atom. The Kier molecular flexibility index (Phi) is 4.65. The first-order chi connectivity index (χ1) is 16.0. The first-order valence-electron chi connectivity index (χ1n) is 10.6. The number of aromatic nitrogens is 6. The number of fused-ring (bicyclic) bond motifs is 2. The molecule has 1 amide bonds. The molecule has 5 heterocycles. The second kappa shape index (κ2) is 7.70. The Labute approximate surface area is 192 Å². The van der Waals surface area contributed by atoms with Gasteiger partial charge < -0.3 is 9.72 Å². The Morgan fingerprint density at radius 3 is 2.97 bits per heavy atom. The Hall–Kier alpha value is -3.72. The number of carbonyl (C=O) groups excluding carboxylic acids is 1. The van der Waals surface area contributed by atoms with Crippen molar-refractivity contribution >= 4 is 28.7 Å². The highest BCUT2D eigenvalue weighted by Gasteiger charge is 2.27. The molecule has 0 saturated heterocycles. The van der Waals surface area contributed by atoms with E-state index in [0.29, 0.717) is 34.4 Å². The molecule has 0 bridgehead atoms. The molecular weight excluding hydrogens is 445 g/mol. The van der Waals surface area contributed by atoms with E-state index in [4.69, 9.17) is 11.6 Å². The molecule has 0 aliphatic heterocycles. The predicted octanol–water partition coefficient (Wildman–Crippen LogP) is 3.83. The number of imidazole rings is 2. The van der Waals surface area contributed by atoms with Gasteiger partial charge in [-0.3, -0.25) is 13.9 Å². The summed E-state index contributed by atoms with van der Waals surface area (Å²) in [5, 5.41) is 7.73. The van der Waals surface area contributed by atoms with Crippen molar-refractivity contribution in [3.05, 3.63) is 88.9 Å². The third-order valence-electron chi connectivity index (χ3n) is 5.88. The first kappa shape index (κ1) is 19.9. The van der Waals surface area contributed by atoms with Gasteiger partial charge in [0.25, 0.3) is 5.91 Å². The third kappa shape index (κ3) is 3.74. The molecule has 8 nitrogen and oxygen atoms in total. The van der Waals surface area contributed by atoms with Gasteiger partial charge in [-0.25, -0.2) is 9.97 Å². The van der Waals surface area contributed by atoms with Gasteiger partial charge in [0, 0.05) is 29.2 Å². The molecular formula is C23H19ClFN7O. The summed E-state index contributed by atoms with van der Waals surface area (Å²) in [6.45, 7) is 0.591. The molecule has 0 spiro atoms. The lowest BCUT2D eigenvalue weighted by molar-refractivity contribution is 0.0950. The SMILES string of the molecule is O=C(NCc1ncn2ccc(Cl)cc12)c1cnn(Cc2cn3c(F)c(C4CC4)ccc3n2)c1. The van der Waals surface area contributed by atoms with Crippen LogP contribution in [0.25, 0.3) is 11.2 Å². The van der Waals surface area contributed by atoms with Crippen LogP contribution in [0.15, 0.2) is 55.4 Å². The number of nitrogens with zero attached hydrogens (tertiary/aromatic N) is 6. The second-order valence-electron chi connectivity index (χ2n) is 8.25. The Bertz CT molecular complexity index is 1510. The summed E-state index contributed by atoms with van der Waals surface area (Å²) in [4.78, 5) is 21.4. The van der Waals surface area contributed by atoms with Gasteiger partial charge in [0.2, 0.25) is 5.95 Å². The highest BCUT2D eigenvalue weighted by Crippen LogP contribution is 2.41. The predicted molar refractivity (Wildman–Crippen MR) is 120 cm³/mol. The molecule has 6 rings (SSSR count).